The van der Waals surface area contributed by atoms with Crippen LogP contribution in [0.3, 0.4) is 0 Å². The summed E-state index contributed by atoms with van der Waals surface area (Å²) in [5.74, 6) is -0.689. The second-order valence-electron chi connectivity index (χ2n) is 2.73. The lowest BCUT2D eigenvalue weighted by Gasteiger charge is -2.07. The van der Waals surface area contributed by atoms with Crippen LogP contribution in [-0.4, -0.2) is 12.6 Å². The third-order valence-electron chi connectivity index (χ3n) is 1.56. The van der Waals surface area contributed by atoms with E-state index >= 15 is 0 Å². The lowest BCUT2D eigenvalue weighted by atomic mass is 10.2. The summed E-state index contributed by atoms with van der Waals surface area (Å²) in [6.07, 6.45) is 0. The molecule has 0 spiro atoms. The van der Waals surface area contributed by atoms with E-state index in [1.807, 2.05) is 0 Å². The zero-order valence-corrected chi connectivity index (χ0v) is 8.58. The van der Waals surface area contributed by atoms with Crippen molar-refractivity contribution < 1.29 is 22.3 Å². The molecule has 1 aromatic rings. The number of alkyl halides is 3. The first-order valence-electron chi connectivity index (χ1n) is 3.95. The summed E-state index contributed by atoms with van der Waals surface area (Å²) in [6.45, 7) is 0.0444. The van der Waals surface area contributed by atoms with Crippen LogP contribution in [-0.2, 0) is 11.3 Å². The molecule has 0 aliphatic rings. The van der Waals surface area contributed by atoms with Crippen LogP contribution in [0.5, 0.6) is 0 Å². The van der Waals surface area contributed by atoms with E-state index in [0.29, 0.717) is 0 Å². The van der Waals surface area contributed by atoms with Crippen LogP contribution in [0.15, 0.2) is 23.1 Å². The van der Waals surface area contributed by atoms with Gasteiger partial charge in [0.15, 0.2) is 0 Å². The van der Waals surface area contributed by atoms with Crippen molar-refractivity contribution in [1.29, 1.82) is 0 Å². The number of rotatable bonds is 3. The Morgan fingerprint density at radius 1 is 1.33 bits per heavy atom. The highest BCUT2D eigenvalue weighted by Crippen LogP contribution is 2.37. The Labute approximate surface area is 88.4 Å². The van der Waals surface area contributed by atoms with Crippen LogP contribution in [0.25, 0.3) is 0 Å². The molecule has 15 heavy (non-hydrogen) atoms. The van der Waals surface area contributed by atoms with Gasteiger partial charge in [-0.3, -0.25) is 0 Å². The minimum Gasteiger partial charge on any atom is -0.380 e. The van der Waals surface area contributed by atoms with Crippen LogP contribution in [0.2, 0.25) is 0 Å². The highest BCUT2D eigenvalue weighted by molar-refractivity contribution is 8.00. The van der Waals surface area contributed by atoms with Crippen molar-refractivity contribution in [3.8, 4) is 0 Å². The molecule has 0 N–H and O–H groups in total. The van der Waals surface area contributed by atoms with Gasteiger partial charge in [0, 0.05) is 17.6 Å². The molecule has 1 rings (SSSR count). The third kappa shape index (κ3) is 4.09. The van der Waals surface area contributed by atoms with Crippen LogP contribution >= 0.6 is 11.8 Å². The molecule has 0 aromatic heterocycles. The van der Waals surface area contributed by atoms with Crippen molar-refractivity contribution in [3.63, 3.8) is 0 Å². The Hall–Kier alpha value is -0.750. The van der Waals surface area contributed by atoms with Crippen molar-refractivity contribution in [2.75, 3.05) is 7.11 Å². The standard InChI is InChI=1S/C9H8F4OS/c1-14-5-6-2-3-7(4-8(6)10)15-9(11,12)13/h2-4H,5H2,1H3. The summed E-state index contributed by atoms with van der Waals surface area (Å²) in [4.78, 5) is -0.167. The van der Waals surface area contributed by atoms with E-state index in [1.54, 1.807) is 0 Å². The van der Waals surface area contributed by atoms with E-state index in [2.05, 4.69) is 4.74 Å². The van der Waals surface area contributed by atoms with Gasteiger partial charge in [-0.25, -0.2) is 4.39 Å². The average molecular weight is 240 g/mol. The number of halogens is 4. The predicted molar refractivity (Wildman–Crippen MR) is 49.0 cm³/mol. The SMILES string of the molecule is COCc1ccc(SC(F)(F)F)cc1F. The van der Waals surface area contributed by atoms with Gasteiger partial charge in [-0.1, -0.05) is 6.07 Å². The quantitative estimate of drug-likeness (QED) is 0.590. The lowest BCUT2D eigenvalue weighted by Crippen LogP contribution is -2.00. The van der Waals surface area contributed by atoms with Gasteiger partial charge in [0.1, 0.15) is 5.82 Å². The summed E-state index contributed by atoms with van der Waals surface area (Å²) in [5.41, 5.74) is -4.15. The maximum absolute atomic E-state index is 13.2. The molecule has 0 unspecified atom stereocenters. The first kappa shape index (κ1) is 12.3. The number of benzene rings is 1. The second kappa shape index (κ2) is 4.85. The van der Waals surface area contributed by atoms with Crippen LogP contribution < -0.4 is 0 Å². The molecule has 6 heteroatoms. The molecule has 0 radical (unpaired) electrons. The Morgan fingerprint density at radius 2 is 2.00 bits per heavy atom. The minimum atomic E-state index is -4.39. The molecule has 0 amide bonds. The largest absolute Gasteiger partial charge is 0.446 e. The van der Waals surface area contributed by atoms with Crippen LogP contribution in [0.4, 0.5) is 17.6 Å². The van der Waals surface area contributed by atoms with Gasteiger partial charge >= 0.3 is 5.51 Å². The Balaban J connectivity index is 2.82. The topological polar surface area (TPSA) is 9.23 Å². The van der Waals surface area contributed by atoms with E-state index in [0.717, 1.165) is 6.07 Å². The Morgan fingerprint density at radius 3 is 2.47 bits per heavy atom. The van der Waals surface area contributed by atoms with E-state index in [-0.39, 0.29) is 28.8 Å². The zero-order chi connectivity index (χ0) is 11.5. The Bertz CT molecular complexity index is 337. The number of thioether (sulfide) groups is 1. The van der Waals surface area contributed by atoms with Crippen LogP contribution in [0.1, 0.15) is 5.56 Å². The first-order valence-corrected chi connectivity index (χ1v) is 4.77. The van der Waals surface area contributed by atoms with Crippen molar-refractivity contribution in [3.05, 3.63) is 29.6 Å². The summed E-state index contributed by atoms with van der Waals surface area (Å²) >= 11 is -0.339. The maximum atomic E-state index is 13.2. The molecule has 0 bridgehead atoms. The zero-order valence-electron chi connectivity index (χ0n) is 7.77. The molecule has 1 nitrogen and oxygen atoms in total. The van der Waals surface area contributed by atoms with Gasteiger partial charge in [-0.05, 0) is 23.9 Å². The lowest BCUT2D eigenvalue weighted by molar-refractivity contribution is -0.0328. The molecular formula is C9H8F4OS. The summed E-state index contributed by atoms with van der Waals surface area (Å²) in [5, 5.41) is 0. The molecule has 0 heterocycles. The highest BCUT2D eigenvalue weighted by Gasteiger charge is 2.29. The van der Waals surface area contributed by atoms with Gasteiger partial charge < -0.3 is 4.74 Å². The second-order valence-corrected chi connectivity index (χ2v) is 3.87. The Kier molecular flexibility index (Phi) is 3.98. The van der Waals surface area contributed by atoms with Gasteiger partial charge in [0.05, 0.1) is 6.61 Å². The van der Waals surface area contributed by atoms with Crippen LogP contribution in [0, 0.1) is 5.82 Å². The van der Waals surface area contributed by atoms with E-state index < -0.39 is 11.3 Å². The van der Waals surface area contributed by atoms with E-state index in [9.17, 15) is 17.6 Å². The fourth-order valence-electron chi connectivity index (χ4n) is 0.998. The van der Waals surface area contributed by atoms with Crippen molar-refractivity contribution in [2.24, 2.45) is 0 Å². The molecule has 84 valence electrons. The minimum absolute atomic E-state index is 0.0444. The molecule has 1 aromatic carbocycles. The van der Waals surface area contributed by atoms with Gasteiger partial charge in [-0.2, -0.15) is 13.2 Å². The summed E-state index contributed by atoms with van der Waals surface area (Å²) < 4.78 is 53.6. The average Bonchev–Trinajstić information content (AvgIpc) is 2.07. The van der Waals surface area contributed by atoms with Gasteiger partial charge in [0.2, 0.25) is 0 Å². The highest BCUT2D eigenvalue weighted by atomic mass is 32.2. The molecule has 0 atom stereocenters. The predicted octanol–water partition coefficient (Wildman–Crippen LogP) is 3.58. The number of methoxy groups -OCH3 is 1. The molecule has 0 saturated heterocycles. The van der Waals surface area contributed by atoms with Crippen molar-refractivity contribution in [2.45, 2.75) is 17.0 Å². The molecule has 0 aliphatic carbocycles. The monoisotopic (exact) mass is 240 g/mol. The smallest absolute Gasteiger partial charge is 0.380 e. The van der Waals surface area contributed by atoms with Gasteiger partial charge in [0.25, 0.3) is 0 Å². The molecule has 0 saturated carbocycles. The fourth-order valence-corrected chi connectivity index (χ4v) is 1.56. The normalized spacial score (nSPS) is 11.8. The van der Waals surface area contributed by atoms with Crippen molar-refractivity contribution in [1.82, 2.24) is 0 Å². The van der Waals surface area contributed by atoms with E-state index in [4.69, 9.17) is 0 Å². The number of ether oxygens (including phenoxy) is 1. The maximum Gasteiger partial charge on any atom is 0.446 e. The van der Waals surface area contributed by atoms with Crippen molar-refractivity contribution >= 4 is 11.8 Å². The molecule has 0 fully saturated rings. The number of hydrogen-bond donors (Lipinski definition) is 0. The third-order valence-corrected chi connectivity index (χ3v) is 2.28. The first-order chi connectivity index (χ1) is 6.92. The molecule has 0 aliphatic heterocycles. The van der Waals surface area contributed by atoms with E-state index in [1.165, 1.54) is 19.2 Å². The fraction of sp³-hybridized carbons (Fsp3) is 0.333. The molecular weight excluding hydrogens is 232 g/mol. The van der Waals surface area contributed by atoms with Gasteiger partial charge in [-0.15, -0.1) is 0 Å². The summed E-state index contributed by atoms with van der Waals surface area (Å²) in [7, 11) is 1.39. The summed E-state index contributed by atoms with van der Waals surface area (Å²) in [6, 6.07) is 3.36. The number of hydrogen-bond acceptors (Lipinski definition) is 2.